The highest BCUT2D eigenvalue weighted by Crippen LogP contribution is 2.50. The summed E-state index contributed by atoms with van der Waals surface area (Å²) in [7, 11) is -3.98. The lowest BCUT2D eigenvalue weighted by atomic mass is 9.76. The van der Waals surface area contributed by atoms with Gasteiger partial charge in [0.1, 0.15) is 16.4 Å². The molecule has 27 heavy (non-hydrogen) atoms. The van der Waals surface area contributed by atoms with Gasteiger partial charge < -0.3 is 0 Å². The Kier molecular flexibility index (Phi) is 5.73. The number of rotatable bonds is 5. The van der Waals surface area contributed by atoms with E-state index in [4.69, 9.17) is 11.6 Å². The fraction of sp³-hybridized carbons (Fsp3) is 0.333. The van der Waals surface area contributed by atoms with Crippen molar-refractivity contribution in [3.05, 3.63) is 77.3 Å². The van der Waals surface area contributed by atoms with E-state index in [2.05, 4.69) is 6.58 Å². The molecule has 2 atom stereocenters. The molecule has 0 amide bonds. The Morgan fingerprint density at radius 2 is 1.89 bits per heavy atom. The highest BCUT2D eigenvalue weighted by atomic mass is 35.5. The standard InChI is InChI=1S/C21H21ClF2O2S/c1-2-4-15-5-3-12-21(14-15,19-13-17(23)8-11-20(19)24)27(25,26)18-9-6-16(22)7-10-18/h2,6-11,13,15H,1,3-5,12,14H2/t15-,21-/m0/s1. The van der Waals surface area contributed by atoms with Crippen LogP contribution < -0.4 is 0 Å². The molecule has 3 rings (SSSR count). The second-order valence-electron chi connectivity index (χ2n) is 7.06. The van der Waals surface area contributed by atoms with E-state index in [-0.39, 0.29) is 29.2 Å². The number of allylic oxidation sites excluding steroid dienone is 1. The summed E-state index contributed by atoms with van der Waals surface area (Å²) in [5, 5.41) is 0.410. The van der Waals surface area contributed by atoms with Gasteiger partial charge in [-0.05, 0) is 67.6 Å². The van der Waals surface area contributed by atoms with Crippen LogP contribution in [-0.4, -0.2) is 8.42 Å². The van der Waals surface area contributed by atoms with Crippen LogP contribution in [0.15, 0.2) is 60.0 Å². The largest absolute Gasteiger partial charge is 0.223 e. The maximum Gasteiger partial charge on any atom is 0.188 e. The van der Waals surface area contributed by atoms with Gasteiger partial charge in [-0.15, -0.1) is 6.58 Å². The zero-order valence-corrected chi connectivity index (χ0v) is 16.4. The van der Waals surface area contributed by atoms with Crippen LogP contribution in [0.2, 0.25) is 5.02 Å². The molecule has 6 heteroatoms. The average Bonchev–Trinajstić information content (AvgIpc) is 2.64. The van der Waals surface area contributed by atoms with Crippen molar-refractivity contribution in [2.45, 2.75) is 41.7 Å². The van der Waals surface area contributed by atoms with Crippen LogP contribution in [0.4, 0.5) is 8.78 Å². The van der Waals surface area contributed by atoms with Crippen LogP contribution in [0.3, 0.4) is 0 Å². The highest BCUT2D eigenvalue weighted by molar-refractivity contribution is 7.92. The second-order valence-corrected chi connectivity index (χ2v) is 9.76. The fourth-order valence-corrected chi connectivity index (χ4v) is 6.49. The first kappa shape index (κ1) is 20.0. The number of hydrogen-bond acceptors (Lipinski definition) is 2. The summed E-state index contributed by atoms with van der Waals surface area (Å²) in [5.74, 6) is -1.31. The lowest BCUT2D eigenvalue weighted by molar-refractivity contribution is 0.280. The van der Waals surface area contributed by atoms with Crippen LogP contribution >= 0.6 is 11.6 Å². The van der Waals surface area contributed by atoms with Gasteiger partial charge in [0.05, 0.1) is 4.90 Å². The van der Waals surface area contributed by atoms with Crippen molar-refractivity contribution in [2.24, 2.45) is 5.92 Å². The molecule has 0 aromatic heterocycles. The summed E-state index contributed by atoms with van der Waals surface area (Å²) in [5.41, 5.74) is -0.0915. The van der Waals surface area contributed by atoms with Gasteiger partial charge in [0.25, 0.3) is 0 Å². The summed E-state index contributed by atoms with van der Waals surface area (Å²) >= 11 is 5.89. The average molecular weight is 411 g/mol. The van der Waals surface area contributed by atoms with E-state index in [0.29, 0.717) is 17.9 Å². The third-order valence-corrected chi connectivity index (χ3v) is 8.13. The van der Waals surface area contributed by atoms with Crippen molar-refractivity contribution < 1.29 is 17.2 Å². The molecule has 1 aliphatic carbocycles. The molecule has 0 aliphatic heterocycles. The summed E-state index contributed by atoms with van der Waals surface area (Å²) in [6.07, 6.45) is 4.30. The van der Waals surface area contributed by atoms with Gasteiger partial charge in [-0.1, -0.05) is 30.5 Å². The topological polar surface area (TPSA) is 34.1 Å². The van der Waals surface area contributed by atoms with E-state index in [0.717, 1.165) is 24.6 Å². The zero-order chi connectivity index (χ0) is 19.7. The molecular weight excluding hydrogens is 390 g/mol. The molecule has 0 radical (unpaired) electrons. The molecule has 2 nitrogen and oxygen atoms in total. The Labute approximate surface area is 163 Å². The number of benzene rings is 2. The molecule has 0 bridgehead atoms. The van der Waals surface area contributed by atoms with Crippen LogP contribution in [-0.2, 0) is 14.6 Å². The molecule has 2 aromatic rings. The molecule has 0 unspecified atom stereocenters. The van der Waals surface area contributed by atoms with Gasteiger partial charge in [0.15, 0.2) is 9.84 Å². The van der Waals surface area contributed by atoms with Gasteiger partial charge in [-0.2, -0.15) is 0 Å². The molecule has 0 saturated heterocycles. The molecule has 0 heterocycles. The van der Waals surface area contributed by atoms with Crippen LogP contribution in [0.5, 0.6) is 0 Å². The van der Waals surface area contributed by atoms with Crippen molar-refractivity contribution in [1.82, 2.24) is 0 Å². The Balaban J connectivity index is 2.22. The zero-order valence-electron chi connectivity index (χ0n) is 14.8. The first-order chi connectivity index (χ1) is 12.8. The third-order valence-electron chi connectivity index (χ3n) is 5.37. The fourth-order valence-electron chi connectivity index (χ4n) is 4.10. The Morgan fingerprint density at radius 3 is 2.56 bits per heavy atom. The molecule has 2 aromatic carbocycles. The molecule has 1 aliphatic rings. The SMILES string of the molecule is C=CC[C@H]1CCC[C@](c2cc(F)ccc2F)(S(=O)(=O)c2ccc(Cl)cc2)C1. The van der Waals surface area contributed by atoms with Crippen molar-refractivity contribution >= 4 is 21.4 Å². The maximum absolute atomic E-state index is 14.7. The van der Waals surface area contributed by atoms with Gasteiger partial charge in [0, 0.05) is 10.6 Å². The van der Waals surface area contributed by atoms with Gasteiger partial charge in [0.2, 0.25) is 0 Å². The molecule has 1 fully saturated rings. The smallest absolute Gasteiger partial charge is 0.188 e. The summed E-state index contributed by atoms with van der Waals surface area (Å²) in [6, 6.07) is 8.87. The summed E-state index contributed by atoms with van der Waals surface area (Å²) < 4.78 is 54.6. The molecule has 0 N–H and O–H groups in total. The lowest BCUT2D eigenvalue weighted by Crippen LogP contribution is -2.41. The molecular formula is C21H21ClF2O2S. The van der Waals surface area contributed by atoms with Crippen LogP contribution in [0.25, 0.3) is 0 Å². The molecule has 0 spiro atoms. The van der Waals surface area contributed by atoms with Crippen LogP contribution in [0.1, 0.15) is 37.7 Å². The minimum atomic E-state index is -3.98. The van der Waals surface area contributed by atoms with E-state index >= 15 is 0 Å². The Bertz CT molecular complexity index is 941. The Morgan fingerprint density at radius 1 is 1.19 bits per heavy atom. The highest BCUT2D eigenvalue weighted by Gasteiger charge is 2.50. The van der Waals surface area contributed by atoms with E-state index in [1.54, 1.807) is 6.08 Å². The van der Waals surface area contributed by atoms with Crippen LogP contribution in [0, 0.1) is 17.6 Å². The van der Waals surface area contributed by atoms with Gasteiger partial charge in [-0.25, -0.2) is 17.2 Å². The minimum absolute atomic E-state index is 0.0426. The predicted octanol–water partition coefficient (Wildman–Crippen LogP) is 6.05. The van der Waals surface area contributed by atoms with E-state index in [1.807, 2.05) is 0 Å². The quantitative estimate of drug-likeness (QED) is 0.562. The number of sulfone groups is 1. The monoisotopic (exact) mass is 410 g/mol. The Hall–Kier alpha value is -1.72. The van der Waals surface area contributed by atoms with Gasteiger partial charge >= 0.3 is 0 Å². The van der Waals surface area contributed by atoms with E-state index < -0.39 is 26.2 Å². The van der Waals surface area contributed by atoms with Crippen molar-refractivity contribution in [3.8, 4) is 0 Å². The lowest BCUT2D eigenvalue weighted by Gasteiger charge is -2.41. The van der Waals surface area contributed by atoms with Gasteiger partial charge in [-0.3, -0.25) is 0 Å². The van der Waals surface area contributed by atoms with E-state index in [9.17, 15) is 17.2 Å². The first-order valence-corrected chi connectivity index (χ1v) is 10.7. The van der Waals surface area contributed by atoms with Crippen molar-refractivity contribution in [3.63, 3.8) is 0 Å². The second kappa shape index (κ2) is 7.72. The predicted molar refractivity (Wildman–Crippen MR) is 103 cm³/mol. The number of hydrogen-bond donors (Lipinski definition) is 0. The summed E-state index contributed by atoms with van der Waals surface area (Å²) in [4.78, 5) is 0.0646. The maximum atomic E-state index is 14.7. The summed E-state index contributed by atoms with van der Waals surface area (Å²) in [6.45, 7) is 3.74. The minimum Gasteiger partial charge on any atom is -0.223 e. The third kappa shape index (κ3) is 3.67. The van der Waals surface area contributed by atoms with Crippen molar-refractivity contribution in [1.29, 1.82) is 0 Å². The number of halogens is 3. The molecule has 144 valence electrons. The van der Waals surface area contributed by atoms with E-state index in [1.165, 1.54) is 24.3 Å². The molecule has 1 saturated carbocycles. The van der Waals surface area contributed by atoms with Crippen molar-refractivity contribution in [2.75, 3.05) is 0 Å². The first-order valence-electron chi connectivity index (χ1n) is 8.87. The normalized spacial score (nSPS) is 23.1.